The van der Waals surface area contributed by atoms with Crippen molar-refractivity contribution in [3.63, 3.8) is 0 Å². The number of rotatable bonds is 7. The summed E-state index contributed by atoms with van der Waals surface area (Å²) < 4.78 is 27.7. The second-order valence-corrected chi connectivity index (χ2v) is 7.43. The Labute approximate surface area is 117 Å². The highest BCUT2D eigenvalue weighted by molar-refractivity contribution is 7.86. The van der Waals surface area contributed by atoms with Gasteiger partial charge in [0.15, 0.2) is 0 Å². The van der Waals surface area contributed by atoms with Gasteiger partial charge in [0.25, 0.3) is 10.2 Å². The molecule has 1 rings (SSSR count). The first-order chi connectivity index (χ1) is 9.02. The van der Waals surface area contributed by atoms with Crippen molar-refractivity contribution in [3.05, 3.63) is 0 Å². The lowest BCUT2D eigenvalue weighted by atomic mass is 9.96. The van der Waals surface area contributed by atoms with E-state index in [1.165, 1.54) is 17.1 Å². The highest BCUT2D eigenvalue weighted by Crippen LogP contribution is 2.24. The van der Waals surface area contributed by atoms with Crippen LogP contribution in [0.2, 0.25) is 0 Å². The molecule has 1 saturated heterocycles. The summed E-state index contributed by atoms with van der Waals surface area (Å²) in [6, 6.07) is 0. The van der Waals surface area contributed by atoms with E-state index in [0.29, 0.717) is 32.0 Å². The van der Waals surface area contributed by atoms with Gasteiger partial charge >= 0.3 is 0 Å². The number of aliphatic hydroxyl groups is 1. The molecule has 1 atom stereocenters. The maximum atomic E-state index is 12.4. The predicted molar refractivity (Wildman–Crippen MR) is 77.1 cm³/mol. The number of hydrogen-bond acceptors (Lipinski definition) is 3. The highest BCUT2D eigenvalue weighted by Gasteiger charge is 2.28. The van der Waals surface area contributed by atoms with Crippen LogP contribution in [0.3, 0.4) is 0 Å². The summed E-state index contributed by atoms with van der Waals surface area (Å²) in [4.78, 5) is 0. The van der Waals surface area contributed by atoms with Gasteiger partial charge in [0.05, 0.1) is 0 Å². The van der Waals surface area contributed by atoms with Crippen LogP contribution in [-0.4, -0.2) is 55.4 Å². The lowest BCUT2D eigenvalue weighted by molar-refractivity contribution is 0.271. The summed E-state index contributed by atoms with van der Waals surface area (Å²) in [6.45, 7) is 3.86. The van der Waals surface area contributed by atoms with Gasteiger partial charge in [0, 0.05) is 33.3 Å². The third-order valence-electron chi connectivity index (χ3n) is 3.85. The summed E-state index contributed by atoms with van der Waals surface area (Å²) in [5.74, 6) is 0.674. The van der Waals surface area contributed by atoms with Crippen LogP contribution in [-0.2, 0) is 10.2 Å². The van der Waals surface area contributed by atoms with E-state index < -0.39 is 10.2 Å². The average Bonchev–Trinajstić information content (AvgIpc) is 2.62. The van der Waals surface area contributed by atoms with Crippen molar-refractivity contribution in [2.75, 3.05) is 33.3 Å². The van der Waals surface area contributed by atoms with Crippen molar-refractivity contribution in [2.24, 2.45) is 5.92 Å². The van der Waals surface area contributed by atoms with Crippen molar-refractivity contribution in [2.45, 2.75) is 45.4 Å². The van der Waals surface area contributed by atoms with E-state index in [1.54, 1.807) is 11.4 Å². The Morgan fingerprint density at radius 1 is 1.32 bits per heavy atom. The minimum absolute atomic E-state index is 0.0262. The van der Waals surface area contributed by atoms with Crippen LogP contribution < -0.4 is 0 Å². The summed E-state index contributed by atoms with van der Waals surface area (Å²) in [5, 5.41) is 8.79. The largest absolute Gasteiger partial charge is 0.396 e. The molecule has 0 aromatic heterocycles. The zero-order valence-electron chi connectivity index (χ0n) is 12.2. The van der Waals surface area contributed by atoms with Gasteiger partial charge in [0.1, 0.15) is 0 Å². The second-order valence-electron chi connectivity index (χ2n) is 5.39. The Balaban J connectivity index is 2.58. The fourth-order valence-electron chi connectivity index (χ4n) is 2.67. The maximum Gasteiger partial charge on any atom is 0.281 e. The first-order valence-corrected chi connectivity index (χ1v) is 8.74. The molecule has 0 aromatic carbocycles. The van der Waals surface area contributed by atoms with Crippen LogP contribution in [0.1, 0.15) is 45.4 Å². The van der Waals surface area contributed by atoms with Gasteiger partial charge < -0.3 is 5.11 Å². The van der Waals surface area contributed by atoms with Crippen molar-refractivity contribution < 1.29 is 13.5 Å². The Morgan fingerprint density at radius 3 is 2.68 bits per heavy atom. The molecular weight excluding hydrogens is 264 g/mol. The normalized spacial score (nSPS) is 22.6. The highest BCUT2D eigenvalue weighted by atomic mass is 32.2. The minimum Gasteiger partial charge on any atom is -0.396 e. The molecule has 1 aliphatic heterocycles. The third kappa shape index (κ3) is 5.02. The summed E-state index contributed by atoms with van der Waals surface area (Å²) in [5.41, 5.74) is 0. The fourth-order valence-corrected chi connectivity index (χ4v) is 4.12. The van der Waals surface area contributed by atoms with E-state index in [2.05, 4.69) is 6.92 Å². The molecular formula is C13H28N2O3S. The topological polar surface area (TPSA) is 60.9 Å². The molecule has 1 fully saturated rings. The predicted octanol–water partition coefficient (Wildman–Crippen LogP) is 1.45. The molecule has 0 amide bonds. The molecule has 0 bridgehead atoms. The molecule has 6 heteroatoms. The van der Waals surface area contributed by atoms with Gasteiger partial charge in [-0.3, -0.25) is 0 Å². The smallest absolute Gasteiger partial charge is 0.281 e. The average molecular weight is 292 g/mol. The molecule has 5 nitrogen and oxygen atoms in total. The van der Waals surface area contributed by atoms with Crippen molar-refractivity contribution in [3.8, 4) is 0 Å². The number of nitrogens with zero attached hydrogens (tertiary/aromatic N) is 2. The van der Waals surface area contributed by atoms with E-state index in [4.69, 9.17) is 5.11 Å². The van der Waals surface area contributed by atoms with Gasteiger partial charge in [-0.05, 0) is 31.6 Å². The molecule has 0 aliphatic carbocycles. The summed E-state index contributed by atoms with van der Waals surface area (Å²) in [7, 11) is -1.74. The van der Waals surface area contributed by atoms with Crippen LogP contribution in [0.5, 0.6) is 0 Å². The molecule has 1 N–H and O–H groups in total. The van der Waals surface area contributed by atoms with Crippen molar-refractivity contribution in [1.29, 1.82) is 0 Å². The zero-order valence-corrected chi connectivity index (χ0v) is 13.0. The van der Waals surface area contributed by atoms with E-state index in [9.17, 15) is 8.42 Å². The molecule has 0 aromatic rings. The molecule has 0 radical (unpaired) electrons. The summed E-state index contributed by atoms with van der Waals surface area (Å²) in [6.07, 6.45) is 5.93. The standard InChI is InChI=1S/C13H28N2O3S/c1-3-6-13-7-4-10-15(11-8-13)19(17,18)14(2)9-5-12-16/h13,16H,3-12H2,1-2H3. The molecule has 1 heterocycles. The second kappa shape index (κ2) is 8.19. The van der Waals surface area contributed by atoms with Gasteiger partial charge in [-0.15, -0.1) is 0 Å². The van der Waals surface area contributed by atoms with Crippen LogP contribution in [0.4, 0.5) is 0 Å². The van der Waals surface area contributed by atoms with E-state index in [0.717, 1.165) is 19.3 Å². The molecule has 1 aliphatic rings. The van der Waals surface area contributed by atoms with Gasteiger partial charge in [-0.2, -0.15) is 17.0 Å². The first kappa shape index (κ1) is 16.9. The first-order valence-electron chi connectivity index (χ1n) is 7.34. The SMILES string of the molecule is CCCC1CCCN(S(=O)(=O)N(C)CCCO)CC1. The van der Waals surface area contributed by atoms with Crippen molar-refractivity contribution in [1.82, 2.24) is 8.61 Å². The Hall–Kier alpha value is -0.170. The zero-order chi connectivity index (χ0) is 14.3. The molecule has 19 heavy (non-hydrogen) atoms. The minimum atomic E-state index is -3.34. The number of hydrogen-bond donors (Lipinski definition) is 1. The lowest BCUT2D eigenvalue weighted by Crippen LogP contribution is -2.42. The van der Waals surface area contributed by atoms with Gasteiger partial charge in [-0.1, -0.05) is 19.8 Å². The molecule has 114 valence electrons. The van der Waals surface area contributed by atoms with Gasteiger partial charge in [-0.25, -0.2) is 0 Å². The van der Waals surface area contributed by atoms with Crippen LogP contribution in [0.15, 0.2) is 0 Å². The monoisotopic (exact) mass is 292 g/mol. The Kier molecular flexibility index (Phi) is 7.28. The van der Waals surface area contributed by atoms with Crippen molar-refractivity contribution >= 4 is 10.2 Å². The maximum absolute atomic E-state index is 12.4. The van der Waals surface area contributed by atoms with E-state index in [1.807, 2.05) is 0 Å². The van der Waals surface area contributed by atoms with E-state index in [-0.39, 0.29) is 6.61 Å². The Bertz CT molecular complexity index is 346. The van der Waals surface area contributed by atoms with E-state index >= 15 is 0 Å². The van der Waals surface area contributed by atoms with Crippen LogP contribution in [0, 0.1) is 5.92 Å². The lowest BCUT2D eigenvalue weighted by Gasteiger charge is -2.26. The quantitative estimate of drug-likeness (QED) is 0.772. The van der Waals surface area contributed by atoms with Crippen LogP contribution >= 0.6 is 0 Å². The molecule has 1 unspecified atom stereocenters. The Morgan fingerprint density at radius 2 is 2.05 bits per heavy atom. The molecule has 0 spiro atoms. The number of aliphatic hydroxyl groups excluding tert-OH is 1. The van der Waals surface area contributed by atoms with Gasteiger partial charge in [0.2, 0.25) is 0 Å². The summed E-state index contributed by atoms with van der Waals surface area (Å²) >= 11 is 0. The molecule has 0 saturated carbocycles. The third-order valence-corrected chi connectivity index (χ3v) is 5.84. The fraction of sp³-hybridized carbons (Fsp3) is 1.00. The van der Waals surface area contributed by atoms with Crippen LogP contribution in [0.25, 0.3) is 0 Å².